The van der Waals surface area contributed by atoms with Crippen molar-refractivity contribution in [1.82, 2.24) is 9.97 Å². The van der Waals surface area contributed by atoms with E-state index in [1.54, 1.807) is 0 Å². The van der Waals surface area contributed by atoms with Gasteiger partial charge in [-0.1, -0.05) is 23.2 Å². The molecule has 1 N–H and O–H groups in total. The number of H-pyrrole nitrogens is 1. The molecule has 0 aliphatic carbocycles. The van der Waals surface area contributed by atoms with Crippen molar-refractivity contribution in [1.29, 1.82) is 0 Å². The van der Waals surface area contributed by atoms with Crippen LogP contribution >= 0.6 is 34.8 Å². The highest BCUT2D eigenvalue weighted by atomic mass is 35.5. The molecule has 3 nitrogen and oxygen atoms in total. The fourth-order valence-corrected chi connectivity index (χ4v) is 1.68. The van der Waals surface area contributed by atoms with E-state index in [2.05, 4.69) is 9.97 Å². The van der Waals surface area contributed by atoms with E-state index < -0.39 is 0 Å². The fourth-order valence-electron chi connectivity index (χ4n) is 1.25. The third-order valence-corrected chi connectivity index (χ3v) is 2.89. The molecule has 2 rings (SSSR count). The molecule has 78 valence electrons. The molecule has 0 atom stereocenters. The van der Waals surface area contributed by atoms with Gasteiger partial charge in [-0.2, -0.15) is 0 Å². The van der Waals surface area contributed by atoms with E-state index in [0.29, 0.717) is 16.7 Å². The topological polar surface area (TPSA) is 45.8 Å². The molecule has 0 aliphatic rings. The molecule has 0 bridgehead atoms. The zero-order valence-corrected chi connectivity index (χ0v) is 9.62. The van der Waals surface area contributed by atoms with Gasteiger partial charge in [0, 0.05) is 11.8 Å². The second-order valence-electron chi connectivity index (χ2n) is 2.95. The van der Waals surface area contributed by atoms with Crippen LogP contribution in [0, 0.1) is 0 Å². The highest BCUT2D eigenvalue weighted by Gasteiger charge is 2.07. The van der Waals surface area contributed by atoms with Gasteiger partial charge < -0.3 is 4.98 Å². The van der Waals surface area contributed by atoms with Crippen molar-refractivity contribution in [3.05, 3.63) is 38.2 Å². The van der Waals surface area contributed by atoms with Crippen LogP contribution in [-0.2, 0) is 5.88 Å². The maximum Gasteiger partial charge on any atom is 0.191 e. The van der Waals surface area contributed by atoms with Crippen molar-refractivity contribution in [3.63, 3.8) is 0 Å². The third kappa shape index (κ3) is 1.95. The van der Waals surface area contributed by atoms with Gasteiger partial charge in [-0.3, -0.25) is 4.79 Å². The molecule has 0 fully saturated rings. The number of hydrogen-bond donors (Lipinski definition) is 1. The van der Waals surface area contributed by atoms with Crippen molar-refractivity contribution in [2.24, 2.45) is 0 Å². The predicted octanol–water partition coefficient (Wildman–Crippen LogP) is 2.97. The Morgan fingerprint density at radius 2 is 2.07 bits per heavy atom. The van der Waals surface area contributed by atoms with Gasteiger partial charge in [-0.05, 0) is 6.07 Å². The third-order valence-electron chi connectivity index (χ3n) is 1.93. The SMILES string of the molecule is O=c1cc(CCl)[nH]c2nc(Cl)c(Cl)cc12. The molecule has 0 radical (unpaired) electrons. The lowest BCUT2D eigenvalue weighted by atomic mass is 10.2. The van der Waals surface area contributed by atoms with Crippen LogP contribution in [0.15, 0.2) is 16.9 Å². The minimum Gasteiger partial charge on any atom is -0.342 e. The van der Waals surface area contributed by atoms with Crippen LogP contribution in [0.5, 0.6) is 0 Å². The van der Waals surface area contributed by atoms with E-state index in [1.165, 1.54) is 12.1 Å². The Hall–Kier alpha value is -0.770. The Morgan fingerprint density at radius 1 is 1.33 bits per heavy atom. The lowest BCUT2D eigenvalue weighted by Crippen LogP contribution is -2.05. The van der Waals surface area contributed by atoms with E-state index >= 15 is 0 Å². The molecular formula is C9H5Cl3N2O. The van der Waals surface area contributed by atoms with E-state index in [1.807, 2.05) is 0 Å². The number of nitrogens with zero attached hydrogens (tertiary/aromatic N) is 1. The fraction of sp³-hybridized carbons (Fsp3) is 0.111. The number of alkyl halides is 1. The van der Waals surface area contributed by atoms with Crippen LogP contribution in [0.25, 0.3) is 11.0 Å². The molecule has 0 amide bonds. The van der Waals surface area contributed by atoms with Crippen LogP contribution in [0.1, 0.15) is 5.69 Å². The summed E-state index contributed by atoms with van der Waals surface area (Å²) in [5, 5.41) is 0.818. The van der Waals surface area contributed by atoms with E-state index in [-0.39, 0.29) is 21.5 Å². The zero-order valence-electron chi connectivity index (χ0n) is 7.35. The second-order valence-corrected chi connectivity index (χ2v) is 3.98. The Labute approximate surface area is 100.0 Å². The molecule has 0 saturated carbocycles. The number of nitrogens with one attached hydrogen (secondary N) is 1. The summed E-state index contributed by atoms with van der Waals surface area (Å²) in [6.07, 6.45) is 0. The standard InChI is InChI=1S/C9H5Cl3N2O/c10-3-4-1-7(15)5-2-6(11)8(12)14-9(5)13-4/h1-2H,3H2,(H,13,14,15). The van der Waals surface area contributed by atoms with Crippen LogP contribution in [0.4, 0.5) is 0 Å². The second kappa shape index (κ2) is 4.00. The van der Waals surface area contributed by atoms with Crippen molar-refractivity contribution in [3.8, 4) is 0 Å². The summed E-state index contributed by atoms with van der Waals surface area (Å²) in [4.78, 5) is 18.5. The minimum absolute atomic E-state index is 0.159. The Bertz CT molecular complexity index is 579. The van der Waals surface area contributed by atoms with Gasteiger partial charge in [0.15, 0.2) is 5.43 Å². The summed E-state index contributed by atoms with van der Waals surface area (Å²) in [5.74, 6) is 0.215. The smallest absolute Gasteiger partial charge is 0.191 e. The first kappa shape index (κ1) is 10.7. The van der Waals surface area contributed by atoms with Gasteiger partial charge in [0.1, 0.15) is 10.8 Å². The highest BCUT2D eigenvalue weighted by Crippen LogP contribution is 2.22. The van der Waals surface area contributed by atoms with Gasteiger partial charge in [0.2, 0.25) is 0 Å². The maximum absolute atomic E-state index is 11.6. The Morgan fingerprint density at radius 3 is 2.73 bits per heavy atom. The molecule has 0 aromatic carbocycles. The molecule has 2 aromatic rings. The lowest BCUT2D eigenvalue weighted by molar-refractivity contribution is 1.17. The highest BCUT2D eigenvalue weighted by molar-refractivity contribution is 6.41. The van der Waals surface area contributed by atoms with Crippen molar-refractivity contribution in [2.75, 3.05) is 0 Å². The molecule has 0 spiro atoms. The molecule has 0 saturated heterocycles. The average Bonchev–Trinajstić information content (AvgIpc) is 2.21. The Balaban J connectivity index is 2.86. The first-order valence-electron chi connectivity index (χ1n) is 4.05. The molecule has 2 heterocycles. The monoisotopic (exact) mass is 262 g/mol. The van der Waals surface area contributed by atoms with Crippen molar-refractivity contribution in [2.45, 2.75) is 5.88 Å². The average molecular weight is 264 g/mol. The number of halogens is 3. The molecule has 15 heavy (non-hydrogen) atoms. The number of aromatic nitrogens is 2. The van der Waals surface area contributed by atoms with Gasteiger partial charge >= 0.3 is 0 Å². The minimum atomic E-state index is -0.175. The lowest BCUT2D eigenvalue weighted by Gasteiger charge is -2.02. The number of rotatable bonds is 1. The molecule has 6 heteroatoms. The largest absolute Gasteiger partial charge is 0.342 e. The molecule has 0 unspecified atom stereocenters. The van der Waals surface area contributed by atoms with E-state index in [9.17, 15) is 4.79 Å². The summed E-state index contributed by atoms with van der Waals surface area (Å²) in [7, 11) is 0. The summed E-state index contributed by atoms with van der Waals surface area (Å²) in [5.41, 5.74) is 0.818. The summed E-state index contributed by atoms with van der Waals surface area (Å²) >= 11 is 17.1. The van der Waals surface area contributed by atoms with E-state index in [0.717, 1.165) is 0 Å². The van der Waals surface area contributed by atoms with Gasteiger partial charge in [-0.25, -0.2) is 4.98 Å². The van der Waals surface area contributed by atoms with Crippen molar-refractivity contribution < 1.29 is 0 Å². The normalized spacial score (nSPS) is 10.9. The Kier molecular flexibility index (Phi) is 2.87. The van der Waals surface area contributed by atoms with Gasteiger partial charge in [0.05, 0.1) is 16.3 Å². The summed E-state index contributed by atoms with van der Waals surface area (Å²) in [6.45, 7) is 0. The zero-order chi connectivity index (χ0) is 11.0. The quantitative estimate of drug-likeness (QED) is 0.635. The predicted molar refractivity (Wildman–Crippen MR) is 61.9 cm³/mol. The van der Waals surface area contributed by atoms with Crippen LogP contribution in [0.3, 0.4) is 0 Å². The number of hydrogen-bond acceptors (Lipinski definition) is 2. The van der Waals surface area contributed by atoms with Crippen molar-refractivity contribution >= 4 is 45.8 Å². The summed E-state index contributed by atoms with van der Waals surface area (Å²) in [6, 6.07) is 2.91. The van der Waals surface area contributed by atoms with Crippen LogP contribution in [0.2, 0.25) is 10.2 Å². The van der Waals surface area contributed by atoms with Crippen LogP contribution < -0.4 is 5.43 Å². The first-order valence-corrected chi connectivity index (χ1v) is 5.35. The molecule has 2 aromatic heterocycles. The number of fused-ring (bicyclic) bond motifs is 1. The van der Waals surface area contributed by atoms with Gasteiger partial charge in [0.25, 0.3) is 0 Å². The number of pyridine rings is 2. The van der Waals surface area contributed by atoms with E-state index in [4.69, 9.17) is 34.8 Å². The first-order chi connectivity index (χ1) is 7.11. The summed E-state index contributed by atoms with van der Waals surface area (Å²) < 4.78 is 0. The molecular weight excluding hydrogens is 258 g/mol. The maximum atomic E-state index is 11.6. The number of aromatic amines is 1. The molecule has 0 aliphatic heterocycles. The van der Waals surface area contributed by atoms with Gasteiger partial charge in [-0.15, -0.1) is 11.6 Å². The van der Waals surface area contributed by atoms with Crippen LogP contribution in [-0.4, -0.2) is 9.97 Å².